The highest BCUT2D eigenvalue weighted by atomic mass is 32.2. The Bertz CT molecular complexity index is 620. The number of benzene rings is 1. The maximum Gasteiger partial charge on any atom is 0.251 e. The molecule has 0 aromatic heterocycles. The van der Waals surface area contributed by atoms with Crippen LogP contribution in [0.25, 0.3) is 0 Å². The first kappa shape index (κ1) is 17.9. The van der Waals surface area contributed by atoms with Gasteiger partial charge in [-0.05, 0) is 43.0 Å². The van der Waals surface area contributed by atoms with Gasteiger partial charge in [0.05, 0.1) is 11.5 Å². The van der Waals surface area contributed by atoms with Crippen molar-refractivity contribution < 1.29 is 17.9 Å². The molecular formula is C16H24N2O4S. The second-order valence-corrected chi connectivity index (χ2v) is 7.80. The summed E-state index contributed by atoms with van der Waals surface area (Å²) in [5, 5.41) is 2.70. The number of hydrogen-bond acceptors (Lipinski definition) is 4. The lowest BCUT2D eigenvalue weighted by Crippen LogP contribution is -2.37. The molecule has 1 aliphatic rings. The van der Waals surface area contributed by atoms with Crippen molar-refractivity contribution in [2.45, 2.75) is 24.7 Å². The van der Waals surface area contributed by atoms with Crippen LogP contribution in [0.5, 0.6) is 0 Å². The highest BCUT2D eigenvalue weighted by molar-refractivity contribution is 7.89. The smallest absolute Gasteiger partial charge is 0.251 e. The third kappa shape index (κ3) is 4.53. The average Bonchev–Trinajstić information content (AvgIpc) is 2.55. The highest BCUT2D eigenvalue weighted by Gasteiger charge is 2.28. The summed E-state index contributed by atoms with van der Waals surface area (Å²) in [5.74, 6) is 0.331. The Morgan fingerprint density at radius 2 is 1.87 bits per heavy atom. The molecule has 2 rings (SSSR count). The molecule has 0 spiro atoms. The number of piperidine rings is 1. The fourth-order valence-electron chi connectivity index (χ4n) is 2.52. The van der Waals surface area contributed by atoms with Gasteiger partial charge in [0, 0.05) is 32.3 Å². The summed E-state index contributed by atoms with van der Waals surface area (Å²) in [6.07, 6.45) is 1.78. The summed E-state index contributed by atoms with van der Waals surface area (Å²) in [4.78, 5) is 12.1. The van der Waals surface area contributed by atoms with Crippen LogP contribution in [0.1, 0.15) is 30.1 Å². The fraction of sp³-hybridized carbons (Fsp3) is 0.562. The zero-order valence-electron chi connectivity index (χ0n) is 13.6. The lowest BCUT2D eigenvalue weighted by Gasteiger charge is -2.29. The Morgan fingerprint density at radius 1 is 1.26 bits per heavy atom. The van der Waals surface area contributed by atoms with Crippen molar-refractivity contribution in [3.63, 3.8) is 0 Å². The quantitative estimate of drug-likeness (QED) is 0.796. The fourth-order valence-corrected chi connectivity index (χ4v) is 3.99. The van der Waals surface area contributed by atoms with Crippen molar-refractivity contribution >= 4 is 15.9 Å². The molecule has 1 heterocycles. The van der Waals surface area contributed by atoms with Gasteiger partial charge in [-0.3, -0.25) is 4.79 Å². The van der Waals surface area contributed by atoms with Crippen LogP contribution >= 0.6 is 0 Å². The molecule has 128 valence electrons. The maximum absolute atomic E-state index is 12.6. The Kier molecular flexibility index (Phi) is 6.15. The van der Waals surface area contributed by atoms with E-state index in [0.29, 0.717) is 37.7 Å². The van der Waals surface area contributed by atoms with Crippen molar-refractivity contribution in [1.82, 2.24) is 9.62 Å². The van der Waals surface area contributed by atoms with Crippen molar-refractivity contribution in [2.24, 2.45) is 5.92 Å². The third-order valence-corrected chi connectivity index (χ3v) is 6.00. The van der Waals surface area contributed by atoms with Crippen molar-refractivity contribution in [3.05, 3.63) is 29.8 Å². The molecule has 1 saturated heterocycles. The first-order chi connectivity index (χ1) is 10.9. The topological polar surface area (TPSA) is 75.7 Å². The molecule has 1 aromatic rings. The van der Waals surface area contributed by atoms with E-state index in [1.165, 1.54) is 16.4 Å². The molecule has 0 unspecified atom stereocenters. The van der Waals surface area contributed by atoms with E-state index in [9.17, 15) is 13.2 Å². The van der Waals surface area contributed by atoms with E-state index >= 15 is 0 Å². The number of nitrogens with one attached hydrogen (secondary N) is 1. The molecule has 0 bridgehead atoms. The summed E-state index contributed by atoms with van der Waals surface area (Å²) in [7, 11) is -1.90. The van der Waals surface area contributed by atoms with E-state index in [-0.39, 0.29) is 10.8 Å². The van der Waals surface area contributed by atoms with E-state index in [1.54, 1.807) is 19.2 Å². The Hall–Kier alpha value is -1.44. The molecule has 1 aliphatic heterocycles. The van der Waals surface area contributed by atoms with Gasteiger partial charge in [0.25, 0.3) is 5.91 Å². The van der Waals surface area contributed by atoms with Gasteiger partial charge in [-0.2, -0.15) is 4.31 Å². The van der Waals surface area contributed by atoms with Crippen molar-refractivity contribution in [1.29, 1.82) is 0 Å². The second kappa shape index (κ2) is 7.90. The lowest BCUT2D eigenvalue weighted by molar-refractivity contribution is 0.0937. The highest BCUT2D eigenvalue weighted by Crippen LogP contribution is 2.23. The lowest BCUT2D eigenvalue weighted by atomic mass is 10.0. The number of rotatable bonds is 6. The van der Waals surface area contributed by atoms with Crippen molar-refractivity contribution in [2.75, 3.05) is 33.4 Å². The van der Waals surface area contributed by atoms with Gasteiger partial charge in [0.1, 0.15) is 0 Å². The van der Waals surface area contributed by atoms with Gasteiger partial charge in [-0.1, -0.05) is 6.92 Å². The zero-order chi connectivity index (χ0) is 16.9. The van der Waals surface area contributed by atoms with Crippen LogP contribution in [0.15, 0.2) is 29.2 Å². The SMILES string of the molecule is COCCNC(=O)c1ccc(S(=O)(=O)N2CCC(C)CC2)cc1. The molecule has 0 saturated carbocycles. The molecule has 6 nitrogen and oxygen atoms in total. The molecular weight excluding hydrogens is 316 g/mol. The van der Waals surface area contributed by atoms with Gasteiger partial charge in [-0.15, -0.1) is 0 Å². The molecule has 0 atom stereocenters. The minimum atomic E-state index is -3.47. The molecule has 0 aliphatic carbocycles. The van der Waals surface area contributed by atoms with Crippen molar-refractivity contribution in [3.8, 4) is 0 Å². The summed E-state index contributed by atoms with van der Waals surface area (Å²) < 4.78 is 31.6. The number of carbonyl (C=O) groups excluding carboxylic acids is 1. The van der Waals surface area contributed by atoms with E-state index in [0.717, 1.165) is 12.8 Å². The summed E-state index contributed by atoms with van der Waals surface area (Å²) in [5.41, 5.74) is 0.437. The number of hydrogen-bond donors (Lipinski definition) is 1. The average molecular weight is 340 g/mol. The Labute approximate surface area is 137 Å². The monoisotopic (exact) mass is 340 g/mol. The van der Waals surface area contributed by atoms with Gasteiger partial charge < -0.3 is 10.1 Å². The maximum atomic E-state index is 12.6. The molecule has 1 fully saturated rings. The predicted molar refractivity (Wildman–Crippen MR) is 87.8 cm³/mol. The minimum Gasteiger partial charge on any atom is -0.383 e. The first-order valence-corrected chi connectivity index (χ1v) is 9.26. The summed E-state index contributed by atoms with van der Waals surface area (Å²) in [6.45, 7) is 4.11. The van der Waals surface area contributed by atoms with Crippen LogP contribution in [-0.2, 0) is 14.8 Å². The van der Waals surface area contributed by atoms with Crippen LogP contribution in [0.4, 0.5) is 0 Å². The largest absolute Gasteiger partial charge is 0.383 e. The van der Waals surface area contributed by atoms with Crippen LogP contribution in [0, 0.1) is 5.92 Å². The standard InChI is InChI=1S/C16H24N2O4S/c1-13-7-10-18(11-8-13)23(20,21)15-5-3-14(4-6-15)16(19)17-9-12-22-2/h3-6,13H,7-12H2,1-2H3,(H,17,19). The van der Waals surface area contributed by atoms with Gasteiger partial charge >= 0.3 is 0 Å². The number of carbonyl (C=O) groups is 1. The summed E-state index contributed by atoms with van der Waals surface area (Å²) in [6, 6.07) is 6.08. The van der Waals surface area contributed by atoms with E-state index in [1.807, 2.05) is 0 Å². The Morgan fingerprint density at radius 3 is 2.43 bits per heavy atom. The molecule has 1 N–H and O–H groups in total. The molecule has 0 radical (unpaired) electrons. The number of ether oxygens (including phenoxy) is 1. The first-order valence-electron chi connectivity index (χ1n) is 7.82. The predicted octanol–water partition coefficient (Wildman–Crippen LogP) is 1.48. The number of methoxy groups -OCH3 is 1. The third-order valence-electron chi connectivity index (χ3n) is 4.09. The Balaban J connectivity index is 2.05. The van der Waals surface area contributed by atoms with E-state index < -0.39 is 10.0 Å². The molecule has 23 heavy (non-hydrogen) atoms. The van der Waals surface area contributed by atoms with Gasteiger partial charge in [0.2, 0.25) is 10.0 Å². The van der Waals surface area contributed by atoms with Crippen LogP contribution in [0.3, 0.4) is 0 Å². The van der Waals surface area contributed by atoms with Gasteiger partial charge in [0.15, 0.2) is 0 Å². The number of nitrogens with zero attached hydrogens (tertiary/aromatic N) is 1. The van der Waals surface area contributed by atoms with Crippen LogP contribution < -0.4 is 5.32 Å². The van der Waals surface area contributed by atoms with E-state index in [4.69, 9.17) is 4.74 Å². The number of sulfonamides is 1. The van der Waals surface area contributed by atoms with Crippen LogP contribution in [-0.4, -0.2) is 52.0 Å². The molecule has 7 heteroatoms. The second-order valence-electron chi connectivity index (χ2n) is 5.86. The zero-order valence-corrected chi connectivity index (χ0v) is 14.4. The molecule has 1 amide bonds. The van der Waals surface area contributed by atoms with Gasteiger partial charge in [-0.25, -0.2) is 8.42 Å². The van der Waals surface area contributed by atoms with Crippen LogP contribution in [0.2, 0.25) is 0 Å². The molecule has 1 aromatic carbocycles. The summed E-state index contributed by atoms with van der Waals surface area (Å²) >= 11 is 0. The number of amides is 1. The normalized spacial score (nSPS) is 17.1. The van der Waals surface area contributed by atoms with E-state index in [2.05, 4.69) is 12.2 Å². The minimum absolute atomic E-state index is 0.237.